The van der Waals surface area contributed by atoms with Crippen LogP contribution in [0.5, 0.6) is 0 Å². The molecule has 1 aliphatic carbocycles. The molecule has 2 atom stereocenters. The fourth-order valence-corrected chi connectivity index (χ4v) is 7.21. The van der Waals surface area contributed by atoms with Gasteiger partial charge in [-0.05, 0) is 18.9 Å². The van der Waals surface area contributed by atoms with Crippen molar-refractivity contribution in [2.24, 2.45) is 4.99 Å². The Morgan fingerprint density at radius 2 is 1.91 bits per heavy atom. The lowest BCUT2D eigenvalue weighted by molar-refractivity contribution is -0.212. The number of aromatic nitrogens is 3. The molecule has 0 unspecified atom stereocenters. The van der Waals surface area contributed by atoms with Gasteiger partial charge < -0.3 is 24.7 Å². The molecule has 0 radical (unpaired) electrons. The number of anilines is 3. The molecule has 2 N–H and O–H groups in total. The molecule has 4 heterocycles. The number of rotatable bonds is 7. The highest BCUT2D eigenvalue weighted by atomic mass is 32.1. The maximum Gasteiger partial charge on any atom is 0.400 e. The first-order valence-corrected chi connectivity index (χ1v) is 15.6. The van der Waals surface area contributed by atoms with Crippen LogP contribution in [0, 0.1) is 12.3 Å². The lowest BCUT2D eigenvalue weighted by Crippen LogP contribution is -2.47. The summed E-state index contributed by atoms with van der Waals surface area (Å²) in [5.41, 5.74) is 0.821. The maximum atomic E-state index is 14.4. The molecule has 4 aromatic rings. The van der Waals surface area contributed by atoms with Crippen LogP contribution in [0.1, 0.15) is 41.8 Å². The zero-order valence-electron chi connectivity index (χ0n) is 24.4. The van der Waals surface area contributed by atoms with Gasteiger partial charge in [-0.2, -0.15) is 13.2 Å². The van der Waals surface area contributed by atoms with Crippen LogP contribution in [-0.4, -0.2) is 64.9 Å². The Labute approximate surface area is 266 Å². The van der Waals surface area contributed by atoms with Gasteiger partial charge in [0.2, 0.25) is 6.17 Å². The first kappa shape index (κ1) is 29.9. The van der Waals surface area contributed by atoms with Crippen molar-refractivity contribution >= 4 is 39.7 Å². The van der Waals surface area contributed by atoms with E-state index >= 15 is 0 Å². The van der Waals surface area contributed by atoms with Gasteiger partial charge in [0, 0.05) is 30.6 Å². The molecule has 2 aromatic carbocycles. The summed E-state index contributed by atoms with van der Waals surface area (Å²) in [7, 11) is 0. The molecule has 1 saturated heterocycles. The minimum atomic E-state index is -4.46. The number of morpholine rings is 1. The van der Waals surface area contributed by atoms with E-state index in [0.717, 1.165) is 22.5 Å². The predicted molar refractivity (Wildman–Crippen MR) is 167 cm³/mol. The monoisotopic (exact) mass is 647 g/mol. The SMILES string of the molecule is C#CC[C@H]1CN(c2sc(C3(C(F)(F)F)CCC3)nc2-c2nnc(N[C@H]3N=C(c4ccccc4)c4ccccc4NC3=O)o2)CCO1. The second kappa shape index (κ2) is 11.9. The largest absolute Gasteiger partial charge is 0.402 e. The lowest BCUT2D eigenvalue weighted by Gasteiger charge is -2.41. The number of terminal acetylenes is 1. The lowest BCUT2D eigenvalue weighted by atomic mass is 9.68. The number of benzene rings is 2. The van der Waals surface area contributed by atoms with Gasteiger partial charge in [-0.25, -0.2) is 9.98 Å². The van der Waals surface area contributed by atoms with E-state index in [1.807, 2.05) is 53.4 Å². The highest BCUT2D eigenvalue weighted by Gasteiger charge is 2.61. The van der Waals surface area contributed by atoms with Gasteiger partial charge in [0.05, 0.1) is 24.1 Å². The summed E-state index contributed by atoms with van der Waals surface area (Å²) in [5.74, 6) is 2.05. The number of carbonyl (C=O) groups is 1. The van der Waals surface area contributed by atoms with Crippen molar-refractivity contribution in [2.75, 3.05) is 35.2 Å². The van der Waals surface area contributed by atoms with Crippen LogP contribution in [-0.2, 0) is 14.9 Å². The molecular formula is C32H28F3N7O3S. The Bertz CT molecular complexity index is 1830. The van der Waals surface area contributed by atoms with Crippen LogP contribution >= 0.6 is 11.3 Å². The van der Waals surface area contributed by atoms with E-state index in [0.29, 0.717) is 48.9 Å². The Hall–Kier alpha value is -4.74. The maximum absolute atomic E-state index is 14.4. The van der Waals surface area contributed by atoms with E-state index in [4.69, 9.17) is 20.6 Å². The number of nitrogens with zero attached hydrogens (tertiary/aromatic N) is 5. The van der Waals surface area contributed by atoms with Crippen molar-refractivity contribution in [1.82, 2.24) is 15.2 Å². The number of thiazole rings is 1. The van der Waals surface area contributed by atoms with Crippen molar-refractivity contribution in [3.8, 4) is 23.9 Å². The summed E-state index contributed by atoms with van der Waals surface area (Å²) in [5, 5.41) is 14.4. The molecule has 2 aliphatic heterocycles. The van der Waals surface area contributed by atoms with Crippen LogP contribution < -0.4 is 15.5 Å². The van der Waals surface area contributed by atoms with E-state index < -0.39 is 23.7 Å². The van der Waals surface area contributed by atoms with E-state index in [2.05, 4.69) is 31.7 Å². The highest BCUT2D eigenvalue weighted by molar-refractivity contribution is 7.16. The number of fused-ring (bicyclic) bond motifs is 1. The molecule has 2 fully saturated rings. The molecule has 2 aromatic heterocycles. The quantitative estimate of drug-likeness (QED) is 0.248. The Balaban J connectivity index is 1.23. The standard InChI is InChI=1S/C32H28F3N7O3S/c1-2-9-20-18-42(16-17-44-20)28-24(38-29(46-28)31(14-8-15-31)32(33,34)35)27-40-41-30(45-27)39-25-26(43)36-22-13-7-6-12-21(22)23(37-25)19-10-4-3-5-11-19/h1,3-7,10-13,20,25H,8-9,14-18H2,(H,36,43)(H,39,41)/t20-,25+/m0/s1. The van der Waals surface area contributed by atoms with Crippen LogP contribution in [0.3, 0.4) is 0 Å². The number of benzodiazepines with no additional fused rings is 1. The van der Waals surface area contributed by atoms with Crippen molar-refractivity contribution < 1.29 is 27.1 Å². The number of nitrogens with one attached hydrogen (secondary N) is 2. The molecule has 0 spiro atoms. The van der Waals surface area contributed by atoms with Crippen molar-refractivity contribution in [2.45, 2.75) is 49.5 Å². The van der Waals surface area contributed by atoms with Crippen molar-refractivity contribution in [1.29, 1.82) is 0 Å². The zero-order valence-corrected chi connectivity index (χ0v) is 25.2. The van der Waals surface area contributed by atoms with Crippen LogP contribution in [0.15, 0.2) is 64.0 Å². The van der Waals surface area contributed by atoms with E-state index in [9.17, 15) is 18.0 Å². The van der Waals surface area contributed by atoms with Gasteiger partial charge in [0.15, 0.2) is 5.69 Å². The first-order valence-electron chi connectivity index (χ1n) is 14.8. The number of aliphatic imine (C=N–C) groups is 1. The Kier molecular flexibility index (Phi) is 7.74. The molecular weight excluding hydrogens is 619 g/mol. The molecule has 7 rings (SSSR count). The fraction of sp³-hybridized carbons (Fsp3) is 0.344. The number of carbonyl (C=O) groups excluding carboxylic acids is 1. The Morgan fingerprint density at radius 1 is 1.13 bits per heavy atom. The fourth-order valence-electron chi connectivity index (χ4n) is 5.85. The third kappa shape index (κ3) is 5.39. The predicted octanol–water partition coefficient (Wildman–Crippen LogP) is 5.63. The number of hydrogen-bond donors (Lipinski definition) is 2. The molecule has 1 amide bonds. The summed E-state index contributed by atoms with van der Waals surface area (Å²) in [6.45, 7) is 1.14. The molecule has 236 valence electrons. The van der Waals surface area contributed by atoms with Crippen molar-refractivity contribution in [3.05, 3.63) is 70.7 Å². The number of hydrogen-bond acceptors (Lipinski definition) is 10. The number of ether oxygens (including phenoxy) is 1. The summed E-state index contributed by atoms with van der Waals surface area (Å²) in [6, 6.07) is 16.6. The summed E-state index contributed by atoms with van der Waals surface area (Å²) < 4.78 is 54.8. The second-order valence-electron chi connectivity index (χ2n) is 11.3. The molecule has 3 aliphatic rings. The van der Waals surface area contributed by atoms with Gasteiger partial charge >= 0.3 is 12.2 Å². The molecule has 1 saturated carbocycles. The van der Waals surface area contributed by atoms with Crippen molar-refractivity contribution in [3.63, 3.8) is 0 Å². The van der Waals surface area contributed by atoms with Gasteiger partial charge in [-0.1, -0.05) is 71.4 Å². The van der Waals surface area contributed by atoms with Gasteiger partial charge in [0.1, 0.15) is 15.4 Å². The van der Waals surface area contributed by atoms with E-state index in [1.54, 1.807) is 6.07 Å². The third-order valence-electron chi connectivity index (χ3n) is 8.42. The molecule has 14 heteroatoms. The van der Waals surface area contributed by atoms with Crippen LogP contribution in [0.4, 0.5) is 29.9 Å². The summed E-state index contributed by atoms with van der Waals surface area (Å²) in [4.78, 5) is 24.5. The number of amides is 1. The van der Waals surface area contributed by atoms with Crippen LogP contribution in [0.2, 0.25) is 0 Å². The molecule has 10 nitrogen and oxygen atoms in total. The molecule has 0 bridgehead atoms. The summed E-state index contributed by atoms with van der Waals surface area (Å²) in [6.07, 6.45) is 0.336. The minimum absolute atomic E-state index is 0.0384. The highest BCUT2D eigenvalue weighted by Crippen LogP contribution is 2.57. The zero-order chi connectivity index (χ0) is 31.9. The van der Waals surface area contributed by atoms with Gasteiger partial charge in [0.25, 0.3) is 11.8 Å². The number of para-hydroxylation sites is 1. The Morgan fingerprint density at radius 3 is 2.65 bits per heavy atom. The smallest absolute Gasteiger partial charge is 0.400 e. The minimum Gasteiger partial charge on any atom is -0.402 e. The van der Waals surface area contributed by atoms with Crippen LogP contribution in [0.25, 0.3) is 11.6 Å². The number of halogens is 3. The van der Waals surface area contributed by atoms with E-state index in [-0.39, 0.29) is 41.6 Å². The first-order chi connectivity index (χ1) is 22.3. The average Bonchev–Trinajstić information content (AvgIpc) is 3.64. The average molecular weight is 648 g/mol. The normalized spacial score (nSPS) is 20.9. The van der Waals surface area contributed by atoms with Gasteiger partial charge in [-0.3, -0.25) is 4.79 Å². The second-order valence-corrected chi connectivity index (χ2v) is 12.3. The summed E-state index contributed by atoms with van der Waals surface area (Å²) >= 11 is 0.983. The van der Waals surface area contributed by atoms with Gasteiger partial charge in [-0.15, -0.1) is 17.4 Å². The third-order valence-corrected chi connectivity index (χ3v) is 9.74. The number of alkyl halides is 3. The molecule has 46 heavy (non-hydrogen) atoms. The van der Waals surface area contributed by atoms with E-state index in [1.165, 1.54) is 0 Å². The topological polar surface area (TPSA) is 118 Å².